The lowest BCUT2D eigenvalue weighted by Crippen LogP contribution is -2.19. The molecular weight excluding hydrogens is 410 g/mol. The van der Waals surface area contributed by atoms with E-state index in [-0.39, 0.29) is 11.3 Å². The number of carbonyl (C=O) groups excluding carboxylic acids is 1. The Morgan fingerprint density at radius 3 is 2.78 bits per heavy atom. The van der Waals surface area contributed by atoms with Crippen LogP contribution in [-0.4, -0.2) is 43.1 Å². The van der Waals surface area contributed by atoms with Crippen molar-refractivity contribution in [3.05, 3.63) is 82.6 Å². The quantitative estimate of drug-likeness (QED) is 0.370. The zero-order valence-electron chi connectivity index (χ0n) is 17.2. The molecule has 10 heteroatoms. The third kappa shape index (κ3) is 3.89. The zero-order chi connectivity index (χ0) is 22.1. The second-order valence-corrected chi connectivity index (χ2v) is 7.73. The van der Waals surface area contributed by atoms with Gasteiger partial charge in [0.05, 0.1) is 29.0 Å². The number of nitrogens with zero attached hydrogens (tertiary/aromatic N) is 6. The van der Waals surface area contributed by atoms with E-state index < -0.39 is 10.8 Å². The van der Waals surface area contributed by atoms with Gasteiger partial charge in [0.25, 0.3) is 11.6 Å². The predicted molar refractivity (Wildman–Crippen MR) is 119 cm³/mol. The molecule has 10 nitrogen and oxygen atoms in total. The number of aromatic nitrogens is 4. The number of nitro groups is 1. The fraction of sp³-hybridized carbons (Fsp3) is 0.227. The number of fused-ring (bicyclic) bond motifs is 1. The second-order valence-electron chi connectivity index (χ2n) is 7.73. The monoisotopic (exact) mass is 431 g/mol. The van der Waals surface area contributed by atoms with Gasteiger partial charge in [0.15, 0.2) is 0 Å². The van der Waals surface area contributed by atoms with E-state index in [1.807, 2.05) is 39.9 Å². The highest BCUT2D eigenvalue weighted by Crippen LogP contribution is 2.31. The number of carbonyl (C=O) groups is 1. The highest BCUT2D eigenvalue weighted by molar-refractivity contribution is 6.05. The molecule has 1 aliphatic heterocycles. The summed E-state index contributed by atoms with van der Waals surface area (Å²) >= 11 is 0. The van der Waals surface area contributed by atoms with Gasteiger partial charge < -0.3 is 14.6 Å². The molecule has 0 radical (unpaired) electrons. The first kappa shape index (κ1) is 19.7. The van der Waals surface area contributed by atoms with E-state index in [2.05, 4.69) is 15.4 Å². The van der Waals surface area contributed by atoms with Gasteiger partial charge in [0.1, 0.15) is 11.3 Å². The number of hydrogen-bond donors (Lipinski definition) is 1. The van der Waals surface area contributed by atoms with Crippen LogP contribution in [0.1, 0.15) is 28.9 Å². The number of anilines is 2. The van der Waals surface area contributed by atoms with Gasteiger partial charge in [-0.1, -0.05) is 6.07 Å². The summed E-state index contributed by atoms with van der Waals surface area (Å²) in [4.78, 5) is 30.4. The van der Waals surface area contributed by atoms with Crippen molar-refractivity contribution in [1.82, 2.24) is 19.2 Å². The Morgan fingerprint density at radius 2 is 2.00 bits per heavy atom. The van der Waals surface area contributed by atoms with Crippen LogP contribution in [0.15, 0.2) is 61.2 Å². The first-order valence-corrected chi connectivity index (χ1v) is 10.4. The van der Waals surface area contributed by atoms with Crippen molar-refractivity contribution in [3.63, 3.8) is 0 Å². The Hall–Kier alpha value is -4.21. The molecule has 4 heterocycles. The SMILES string of the molecule is O=C(Nc1cnn(Cc2cn3ccccc3n2)c1)c1ccc(N2CCCC2)c([N+](=O)[O-])c1. The molecule has 1 amide bonds. The van der Waals surface area contributed by atoms with Crippen LogP contribution in [0.5, 0.6) is 0 Å². The molecule has 1 N–H and O–H groups in total. The molecule has 0 saturated carbocycles. The molecule has 1 fully saturated rings. The minimum Gasteiger partial charge on any atom is -0.366 e. The first-order valence-electron chi connectivity index (χ1n) is 10.4. The van der Waals surface area contributed by atoms with Crippen molar-refractivity contribution in [3.8, 4) is 0 Å². The van der Waals surface area contributed by atoms with Crippen molar-refractivity contribution in [2.24, 2.45) is 0 Å². The fourth-order valence-corrected chi connectivity index (χ4v) is 3.98. The maximum atomic E-state index is 12.7. The largest absolute Gasteiger partial charge is 0.366 e. The average molecular weight is 431 g/mol. The van der Waals surface area contributed by atoms with E-state index in [0.717, 1.165) is 37.3 Å². The van der Waals surface area contributed by atoms with Gasteiger partial charge in [-0.2, -0.15) is 5.10 Å². The van der Waals surface area contributed by atoms with Crippen LogP contribution in [0.25, 0.3) is 5.65 Å². The van der Waals surface area contributed by atoms with Crippen LogP contribution < -0.4 is 10.2 Å². The number of imidazole rings is 1. The lowest BCUT2D eigenvalue weighted by Gasteiger charge is -2.17. The summed E-state index contributed by atoms with van der Waals surface area (Å²) in [7, 11) is 0. The molecule has 0 spiro atoms. The highest BCUT2D eigenvalue weighted by Gasteiger charge is 2.24. The number of nitrogens with one attached hydrogen (secondary N) is 1. The first-order chi connectivity index (χ1) is 15.6. The van der Waals surface area contributed by atoms with Gasteiger partial charge in [-0.15, -0.1) is 0 Å². The molecule has 0 atom stereocenters. The molecule has 4 aromatic rings. The van der Waals surface area contributed by atoms with Gasteiger partial charge in [0.2, 0.25) is 0 Å². The molecule has 162 valence electrons. The molecular formula is C22H21N7O3. The Kier molecular flexibility index (Phi) is 5.02. The van der Waals surface area contributed by atoms with Gasteiger partial charge in [-0.05, 0) is 37.1 Å². The van der Waals surface area contributed by atoms with E-state index in [0.29, 0.717) is 17.9 Å². The predicted octanol–water partition coefficient (Wildman–Crippen LogP) is 3.34. The van der Waals surface area contributed by atoms with Gasteiger partial charge >= 0.3 is 0 Å². The standard InChI is InChI=1S/C22H21N7O3/c30-22(16-6-7-19(20(11-16)29(31)32)26-8-3-4-9-26)25-17-12-23-28(14-17)15-18-13-27-10-2-1-5-21(27)24-18/h1-2,5-7,10-14H,3-4,8-9,15H2,(H,25,30). The average Bonchev–Trinajstić information content (AvgIpc) is 3.54. The molecule has 1 aromatic carbocycles. The minimum absolute atomic E-state index is 0.0536. The van der Waals surface area contributed by atoms with Crippen molar-refractivity contribution in [2.45, 2.75) is 19.4 Å². The van der Waals surface area contributed by atoms with E-state index in [9.17, 15) is 14.9 Å². The molecule has 1 aliphatic rings. The topological polar surface area (TPSA) is 111 Å². The molecule has 0 unspecified atom stereocenters. The summed E-state index contributed by atoms with van der Waals surface area (Å²) < 4.78 is 3.61. The number of pyridine rings is 1. The third-order valence-corrected chi connectivity index (χ3v) is 5.51. The van der Waals surface area contributed by atoms with E-state index in [1.165, 1.54) is 6.07 Å². The maximum Gasteiger partial charge on any atom is 0.293 e. The van der Waals surface area contributed by atoms with Crippen LogP contribution in [-0.2, 0) is 6.54 Å². The van der Waals surface area contributed by atoms with Crippen LogP contribution in [0.4, 0.5) is 17.1 Å². The normalized spacial score (nSPS) is 13.6. The van der Waals surface area contributed by atoms with E-state index >= 15 is 0 Å². The van der Waals surface area contributed by atoms with Crippen LogP contribution in [0.2, 0.25) is 0 Å². The lowest BCUT2D eigenvalue weighted by molar-refractivity contribution is -0.384. The Balaban J connectivity index is 1.30. The number of nitro benzene ring substituents is 1. The minimum atomic E-state index is -0.433. The number of benzene rings is 1. The third-order valence-electron chi connectivity index (χ3n) is 5.51. The van der Waals surface area contributed by atoms with Gasteiger partial charge in [-0.25, -0.2) is 4.98 Å². The second kappa shape index (κ2) is 8.14. The summed E-state index contributed by atoms with van der Waals surface area (Å²) in [5.74, 6) is -0.423. The summed E-state index contributed by atoms with van der Waals surface area (Å²) in [6.45, 7) is 2.03. The summed E-state index contributed by atoms with van der Waals surface area (Å²) in [5, 5.41) is 18.6. The number of amides is 1. The molecule has 1 saturated heterocycles. The van der Waals surface area contributed by atoms with Crippen LogP contribution in [0.3, 0.4) is 0 Å². The highest BCUT2D eigenvalue weighted by atomic mass is 16.6. The van der Waals surface area contributed by atoms with Crippen molar-refractivity contribution >= 4 is 28.6 Å². The summed E-state index contributed by atoms with van der Waals surface area (Å²) in [6.07, 6.45) is 9.12. The van der Waals surface area contributed by atoms with Crippen molar-refractivity contribution < 1.29 is 9.72 Å². The smallest absolute Gasteiger partial charge is 0.293 e. The van der Waals surface area contributed by atoms with Crippen LogP contribution >= 0.6 is 0 Å². The fourth-order valence-electron chi connectivity index (χ4n) is 3.98. The molecule has 3 aromatic heterocycles. The Morgan fingerprint density at radius 1 is 1.16 bits per heavy atom. The van der Waals surface area contributed by atoms with Crippen molar-refractivity contribution in [1.29, 1.82) is 0 Å². The maximum absolute atomic E-state index is 12.7. The van der Waals surface area contributed by atoms with Gasteiger partial charge in [0, 0.05) is 43.3 Å². The molecule has 0 bridgehead atoms. The summed E-state index contributed by atoms with van der Waals surface area (Å²) in [6, 6.07) is 10.4. The van der Waals surface area contributed by atoms with Gasteiger partial charge in [-0.3, -0.25) is 19.6 Å². The summed E-state index contributed by atoms with van der Waals surface area (Å²) in [5.41, 5.74) is 2.93. The van der Waals surface area contributed by atoms with E-state index in [1.54, 1.807) is 29.2 Å². The molecule has 0 aliphatic carbocycles. The molecule has 5 rings (SSSR count). The zero-order valence-corrected chi connectivity index (χ0v) is 17.2. The lowest BCUT2D eigenvalue weighted by atomic mass is 10.1. The Labute approximate surface area is 183 Å². The molecule has 32 heavy (non-hydrogen) atoms. The van der Waals surface area contributed by atoms with Crippen molar-refractivity contribution in [2.75, 3.05) is 23.3 Å². The number of rotatable bonds is 6. The van der Waals surface area contributed by atoms with E-state index in [4.69, 9.17) is 0 Å². The Bertz CT molecular complexity index is 1270. The number of hydrogen-bond acceptors (Lipinski definition) is 6. The van der Waals surface area contributed by atoms with Crippen LogP contribution in [0, 0.1) is 10.1 Å².